The number of hydrogen-bond acceptors (Lipinski definition) is 0. The van der Waals surface area contributed by atoms with Crippen LogP contribution in [0.25, 0.3) is 0 Å². The maximum absolute atomic E-state index is 2.36. The van der Waals surface area contributed by atoms with Gasteiger partial charge in [0.25, 0.3) is 0 Å². The Bertz CT molecular complexity index is 618. The molecule has 2 aromatic rings. The Morgan fingerprint density at radius 1 is 0.415 bits per heavy atom. The molecule has 0 aromatic heterocycles. The van der Waals surface area contributed by atoms with E-state index in [-0.39, 0.29) is 32.9 Å². The van der Waals surface area contributed by atoms with E-state index < -0.39 is 0 Å². The zero-order valence-corrected chi connectivity index (χ0v) is 30.7. The van der Waals surface area contributed by atoms with Crippen LogP contribution in [0.2, 0.25) is 0 Å². The quantitative estimate of drug-likeness (QED) is 0.0415. The maximum atomic E-state index is 2.36. The van der Waals surface area contributed by atoms with Crippen LogP contribution in [0.4, 0.5) is 0 Å². The molecule has 0 nitrogen and oxygen atoms in total. The van der Waals surface area contributed by atoms with E-state index in [9.17, 15) is 0 Å². The zero-order valence-electron chi connectivity index (χ0n) is 27.8. The molecule has 0 spiro atoms. The molecular weight excluding hydrogens is 574 g/mol. The van der Waals surface area contributed by atoms with Gasteiger partial charge in [0.15, 0.2) is 0 Å². The molecule has 0 saturated heterocycles. The van der Waals surface area contributed by atoms with Crippen molar-refractivity contribution in [1.29, 1.82) is 0 Å². The maximum Gasteiger partial charge on any atom is 2.00 e. The normalized spacial score (nSPS) is 11.1. The Morgan fingerprint density at radius 3 is 0.902 bits per heavy atom. The van der Waals surface area contributed by atoms with E-state index in [2.05, 4.69) is 76.2 Å². The summed E-state index contributed by atoms with van der Waals surface area (Å²) in [5, 5.41) is 3.32. The molecule has 2 aromatic carbocycles. The van der Waals surface area contributed by atoms with Gasteiger partial charge in [0.2, 0.25) is 0 Å². The monoisotopic (exact) mass is 642 g/mol. The van der Waals surface area contributed by atoms with Crippen LogP contribution in [-0.2, 0) is 17.1 Å². The SMILES string of the molecule is CCCCCCCP(CCCCCCC)c1ccc[cH-]1.CCCCCCCP(CCCCCCC)c1ccc[cH-]1.[Fe+2]. The van der Waals surface area contributed by atoms with Crippen molar-refractivity contribution in [1.82, 2.24) is 0 Å². The second kappa shape index (κ2) is 31.5. The summed E-state index contributed by atoms with van der Waals surface area (Å²) < 4.78 is 0. The summed E-state index contributed by atoms with van der Waals surface area (Å²) in [4.78, 5) is 0. The van der Waals surface area contributed by atoms with E-state index in [1.807, 2.05) is 0 Å². The van der Waals surface area contributed by atoms with Crippen LogP contribution >= 0.6 is 15.8 Å². The fraction of sp³-hybridized carbons (Fsp3) is 0.737. The second-order valence-corrected chi connectivity index (χ2v) is 16.9. The summed E-state index contributed by atoms with van der Waals surface area (Å²) in [5.74, 6) is 0. The van der Waals surface area contributed by atoms with Crippen LogP contribution < -0.4 is 10.6 Å². The third-order valence-corrected chi connectivity index (χ3v) is 13.6. The number of unbranched alkanes of at least 4 members (excludes halogenated alkanes) is 16. The van der Waals surface area contributed by atoms with Crippen molar-refractivity contribution >= 4 is 26.5 Å². The van der Waals surface area contributed by atoms with E-state index in [1.165, 1.54) is 153 Å². The molecular formula is C38H68FeP2. The standard InChI is InChI=1S/2C19H34P.Fe/c2*1-3-5-7-9-13-17-20(19-15-11-12-16-19)18-14-10-8-6-4-2;/h2*11-12,15-16H,3-10,13-14,17-18H2,1-2H3;/q2*-1;+2. The molecule has 0 N–H and O–H groups in total. The first-order chi connectivity index (χ1) is 19.8. The van der Waals surface area contributed by atoms with E-state index in [0.717, 1.165) is 0 Å². The first-order valence-electron chi connectivity index (χ1n) is 17.7. The van der Waals surface area contributed by atoms with Crippen molar-refractivity contribution in [2.24, 2.45) is 0 Å². The first kappa shape index (κ1) is 41.1. The molecule has 0 bridgehead atoms. The molecule has 0 aliphatic carbocycles. The Balaban J connectivity index is 0.000000762. The van der Waals surface area contributed by atoms with Gasteiger partial charge < -0.3 is 0 Å². The molecule has 0 aliphatic rings. The van der Waals surface area contributed by atoms with Crippen LogP contribution in [0.15, 0.2) is 48.5 Å². The third-order valence-electron chi connectivity index (χ3n) is 8.15. The van der Waals surface area contributed by atoms with Crippen molar-refractivity contribution in [2.45, 2.75) is 156 Å². The molecule has 0 unspecified atom stereocenters. The van der Waals surface area contributed by atoms with Crippen LogP contribution in [0.5, 0.6) is 0 Å². The second-order valence-electron chi connectivity index (χ2n) is 11.9. The predicted molar refractivity (Wildman–Crippen MR) is 192 cm³/mol. The molecule has 0 fully saturated rings. The number of hydrogen-bond donors (Lipinski definition) is 0. The van der Waals surface area contributed by atoms with Crippen molar-refractivity contribution in [3.8, 4) is 0 Å². The summed E-state index contributed by atoms with van der Waals surface area (Å²) in [6.07, 6.45) is 34.3. The Kier molecular flexibility index (Phi) is 31.6. The average molecular weight is 643 g/mol. The largest absolute Gasteiger partial charge is 2.00 e. The third kappa shape index (κ3) is 23.2. The van der Waals surface area contributed by atoms with Crippen LogP contribution in [0, 0.1) is 0 Å². The predicted octanol–water partition coefficient (Wildman–Crippen LogP) is 12.9. The Hall–Kier alpha value is 0.0795. The Labute approximate surface area is 271 Å². The molecule has 3 heteroatoms. The van der Waals surface area contributed by atoms with Crippen LogP contribution in [0.3, 0.4) is 0 Å². The smallest absolute Gasteiger partial charge is 0.213 e. The van der Waals surface area contributed by atoms with E-state index in [0.29, 0.717) is 0 Å². The summed E-state index contributed by atoms with van der Waals surface area (Å²) in [6, 6.07) is 18.3. The van der Waals surface area contributed by atoms with Gasteiger partial charge in [0, 0.05) is 0 Å². The van der Waals surface area contributed by atoms with Gasteiger partial charge in [-0.05, 0) is 50.3 Å². The zero-order chi connectivity index (χ0) is 28.9. The van der Waals surface area contributed by atoms with Crippen LogP contribution in [-0.4, -0.2) is 24.6 Å². The summed E-state index contributed by atoms with van der Waals surface area (Å²) >= 11 is 0. The van der Waals surface area contributed by atoms with Gasteiger partial charge in [-0.1, -0.05) is 130 Å². The number of rotatable bonds is 26. The molecule has 0 atom stereocenters. The molecule has 2 rings (SSSR count). The van der Waals surface area contributed by atoms with E-state index in [4.69, 9.17) is 0 Å². The minimum atomic E-state index is 0. The van der Waals surface area contributed by atoms with Gasteiger partial charge in [-0.2, -0.15) is 24.3 Å². The topological polar surface area (TPSA) is 0 Å². The fourth-order valence-corrected chi connectivity index (χ4v) is 10.6. The minimum Gasteiger partial charge on any atom is -0.213 e. The average Bonchev–Trinajstić information content (AvgIpc) is 3.70. The van der Waals surface area contributed by atoms with Gasteiger partial charge >= 0.3 is 17.1 Å². The summed E-state index contributed by atoms with van der Waals surface area (Å²) in [6.45, 7) is 9.20. The van der Waals surface area contributed by atoms with Gasteiger partial charge in [-0.3, -0.25) is 0 Å². The Morgan fingerprint density at radius 2 is 0.683 bits per heavy atom. The van der Waals surface area contributed by atoms with Gasteiger partial charge in [-0.15, -0.1) is 26.5 Å². The van der Waals surface area contributed by atoms with Crippen molar-refractivity contribution in [2.75, 3.05) is 24.6 Å². The van der Waals surface area contributed by atoms with Crippen molar-refractivity contribution in [3.63, 3.8) is 0 Å². The van der Waals surface area contributed by atoms with Gasteiger partial charge in [0.1, 0.15) is 0 Å². The minimum absolute atomic E-state index is 0. The molecule has 0 aliphatic heterocycles. The summed E-state index contributed by atoms with van der Waals surface area (Å²) in [7, 11) is 0.279. The fourth-order valence-electron chi connectivity index (χ4n) is 5.51. The summed E-state index contributed by atoms with van der Waals surface area (Å²) in [5.41, 5.74) is 0. The van der Waals surface area contributed by atoms with Gasteiger partial charge in [-0.25, -0.2) is 24.3 Å². The van der Waals surface area contributed by atoms with Crippen molar-refractivity contribution < 1.29 is 17.1 Å². The molecule has 0 radical (unpaired) electrons. The van der Waals surface area contributed by atoms with E-state index >= 15 is 0 Å². The molecule has 0 saturated carbocycles. The van der Waals surface area contributed by atoms with Gasteiger partial charge in [0.05, 0.1) is 0 Å². The first-order valence-corrected chi connectivity index (χ1v) is 21.1. The van der Waals surface area contributed by atoms with Crippen molar-refractivity contribution in [3.05, 3.63) is 48.5 Å². The molecule has 41 heavy (non-hydrogen) atoms. The van der Waals surface area contributed by atoms with Crippen LogP contribution in [0.1, 0.15) is 156 Å². The van der Waals surface area contributed by atoms with E-state index in [1.54, 1.807) is 10.6 Å². The molecule has 0 heterocycles. The molecule has 0 amide bonds. The molecule has 238 valence electrons.